The molecule has 0 radical (unpaired) electrons. The molecular formula is C17H17N3O. The molecule has 0 atom stereocenters. The Bertz CT molecular complexity index is 759. The van der Waals surface area contributed by atoms with Gasteiger partial charge in [0.15, 0.2) is 0 Å². The third-order valence-electron chi connectivity index (χ3n) is 3.57. The van der Waals surface area contributed by atoms with Gasteiger partial charge in [0.2, 0.25) is 0 Å². The summed E-state index contributed by atoms with van der Waals surface area (Å²) in [6.45, 7) is 2.66. The van der Waals surface area contributed by atoms with Gasteiger partial charge in [-0.3, -0.25) is 4.79 Å². The van der Waals surface area contributed by atoms with Crippen LogP contribution in [0.4, 0.5) is 0 Å². The maximum absolute atomic E-state index is 12.2. The molecule has 0 aliphatic carbocycles. The van der Waals surface area contributed by atoms with Crippen LogP contribution < -0.4 is 5.32 Å². The summed E-state index contributed by atoms with van der Waals surface area (Å²) >= 11 is 0. The quantitative estimate of drug-likeness (QED) is 0.771. The van der Waals surface area contributed by atoms with E-state index in [1.807, 2.05) is 12.1 Å². The van der Waals surface area contributed by atoms with Crippen LogP contribution in [-0.4, -0.2) is 15.9 Å². The van der Waals surface area contributed by atoms with E-state index in [9.17, 15) is 4.79 Å². The molecule has 0 saturated carbocycles. The summed E-state index contributed by atoms with van der Waals surface area (Å²) in [6.07, 6.45) is 2.65. The molecule has 4 heteroatoms. The van der Waals surface area contributed by atoms with Gasteiger partial charge in [0.25, 0.3) is 5.91 Å². The Labute approximate surface area is 123 Å². The molecule has 4 nitrogen and oxygen atoms in total. The predicted octanol–water partition coefficient (Wildman–Crippen LogP) is 3.06. The average molecular weight is 279 g/mol. The SMILES string of the molecule is CCc1ccc(CNC(=O)c2ccc3nc[nH]c3c2)cc1. The molecule has 3 rings (SSSR count). The number of hydrogen-bond donors (Lipinski definition) is 2. The van der Waals surface area contributed by atoms with Crippen LogP contribution in [-0.2, 0) is 13.0 Å². The molecule has 0 spiro atoms. The van der Waals surface area contributed by atoms with Crippen LogP contribution in [0.3, 0.4) is 0 Å². The second-order valence-corrected chi connectivity index (χ2v) is 4.99. The van der Waals surface area contributed by atoms with Gasteiger partial charge in [0, 0.05) is 12.1 Å². The van der Waals surface area contributed by atoms with Crippen molar-refractivity contribution < 1.29 is 4.79 Å². The third-order valence-corrected chi connectivity index (χ3v) is 3.57. The highest BCUT2D eigenvalue weighted by molar-refractivity contribution is 5.97. The monoisotopic (exact) mass is 279 g/mol. The molecule has 0 aliphatic rings. The van der Waals surface area contributed by atoms with E-state index >= 15 is 0 Å². The first-order chi connectivity index (χ1) is 10.3. The molecule has 2 N–H and O–H groups in total. The number of H-pyrrole nitrogens is 1. The molecular weight excluding hydrogens is 262 g/mol. The first-order valence-electron chi connectivity index (χ1n) is 7.05. The highest BCUT2D eigenvalue weighted by atomic mass is 16.1. The topological polar surface area (TPSA) is 57.8 Å². The van der Waals surface area contributed by atoms with Crippen molar-refractivity contribution in [2.75, 3.05) is 0 Å². The van der Waals surface area contributed by atoms with Crippen molar-refractivity contribution in [2.24, 2.45) is 0 Å². The summed E-state index contributed by atoms with van der Waals surface area (Å²) < 4.78 is 0. The number of imidazole rings is 1. The molecule has 1 heterocycles. The molecule has 3 aromatic rings. The fourth-order valence-electron chi connectivity index (χ4n) is 2.25. The fourth-order valence-corrected chi connectivity index (χ4v) is 2.25. The third kappa shape index (κ3) is 2.94. The number of amides is 1. The molecule has 0 aliphatic heterocycles. The number of aryl methyl sites for hydroxylation is 1. The summed E-state index contributed by atoms with van der Waals surface area (Å²) in [4.78, 5) is 19.3. The summed E-state index contributed by atoms with van der Waals surface area (Å²) in [5, 5.41) is 2.94. The average Bonchev–Trinajstić information content (AvgIpc) is 3.00. The lowest BCUT2D eigenvalue weighted by atomic mass is 10.1. The largest absolute Gasteiger partial charge is 0.348 e. The van der Waals surface area contributed by atoms with Crippen molar-refractivity contribution in [1.29, 1.82) is 0 Å². The van der Waals surface area contributed by atoms with E-state index in [1.54, 1.807) is 12.4 Å². The number of aromatic amines is 1. The van der Waals surface area contributed by atoms with Gasteiger partial charge in [-0.15, -0.1) is 0 Å². The van der Waals surface area contributed by atoms with Crippen LogP contribution in [0.5, 0.6) is 0 Å². The minimum Gasteiger partial charge on any atom is -0.348 e. The van der Waals surface area contributed by atoms with E-state index < -0.39 is 0 Å². The smallest absolute Gasteiger partial charge is 0.251 e. The van der Waals surface area contributed by atoms with E-state index in [2.05, 4.69) is 46.5 Å². The lowest BCUT2D eigenvalue weighted by Crippen LogP contribution is -2.22. The Hall–Kier alpha value is -2.62. The lowest BCUT2D eigenvalue weighted by Gasteiger charge is -2.06. The number of benzene rings is 2. The highest BCUT2D eigenvalue weighted by Crippen LogP contribution is 2.12. The van der Waals surface area contributed by atoms with Gasteiger partial charge >= 0.3 is 0 Å². The van der Waals surface area contributed by atoms with Crippen molar-refractivity contribution in [1.82, 2.24) is 15.3 Å². The molecule has 0 bridgehead atoms. The molecule has 1 aromatic heterocycles. The summed E-state index contributed by atoms with van der Waals surface area (Å²) in [5.74, 6) is -0.0777. The van der Waals surface area contributed by atoms with Crippen molar-refractivity contribution >= 4 is 16.9 Å². The number of fused-ring (bicyclic) bond motifs is 1. The first-order valence-corrected chi connectivity index (χ1v) is 7.05. The van der Waals surface area contributed by atoms with E-state index in [0.717, 1.165) is 23.0 Å². The minimum atomic E-state index is -0.0777. The second-order valence-electron chi connectivity index (χ2n) is 4.99. The van der Waals surface area contributed by atoms with Crippen LogP contribution >= 0.6 is 0 Å². The van der Waals surface area contributed by atoms with Gasteiger partial charge in [0.1, 0.15) is 0 Å². The van der Waals surface area contributed by atoms with Gasteiger partial charge in [-0.1, -0.05) is 31.2 Å². The number of carbonyl (C=O) groups is 1. The Kier molecular flexibility index (Phi) is 3.69. The Balaban J connectivity index is 1.67. The maximum atomic E-state index is 12.2. The number of hydrogen-bond acceptors (Lipinski definition) is 2. The maximum Gasteiger partial charge on any atom is 0.251 e. The Morgan fingerprint density at radius 1 is 1.14 bits per heavy atom. The van der Waals surface area contributed by atoms with Crippen LogP contribution in [0.15, 0.2) is 48.8 Å². The van der Waals surface area contributed by atoms with Gasteiger partial charge in [-0.05, 0) is 35.7 Å². The van der Waals surface area contributed by atoms with E-state index in [4.69, 9.17) is 0 Å². The molecule has 2 aromatic carbocycles. The van der Waals surface area contributed by atoms with Crippen LogP contribution in [0, 0.1) is 0 Å². The number of nitrogens with zero attached hydrogens (tertiary/aromatic N) is 1. The van der Waals surface area contributed by atoms with Crippen LogP contribution in [0.1, 0.15) is 28.4 Å². The van der Waals surface area contributed by atoms with Gasteiger partial charge in [-0.2, -0.15) is 0 Å². The first kappa shape index (κ1) is 13.4. The van der Waals surface area contributed by atoms with Crippen molar-refractivity contribution in [3.05, 3.63) is 65.5 Å². The normalized spacial score (nSPS) is 10.7. The fraction of sp³-hybridized carbons (Fsp3) is 0.176. The number of aromatic nitrogens is 2. The molecule has 106 valence electrons. The van der Waals surface area contributed by atoms with Crippen molar-refractivity contribution in [3.8, 4) is 0 Å². The van der Waals surface area contributed by atoms with Crippen molar-refractivity contribution in [2.45, 2.75) is 19.9 Å². The number of nitrogens with one attached hydrogen (secondary N) is 2. The van der Waals surface area contributed by atoms with Crippen LogP contribution in [0.2, 0.25) is 0 Å². The standard InChI is InChI=1S/C17H17N3O/c1-2-12-3-5-13(6-4-12)10-18-17(21)14-7-8-15-16(9-14)20-11-19-15/h3-9,11H,2,10H2,1H3,(H,18,21)(H,19,20). The van der Waals surface area contributed by atoms with E-state index in [0.29, 0.717) is 12.1 Å². The zero-order valence-corrected chi connectivity index (χ0v) is 11.9. The summed E-state index contributed by atoms with van der Waals surface area (Å²) in [7, 11) is 0. The summed E-state index contributed by atoms with van der Waals surface area (Å²) in [6, 6.07) is 13.7. The van der Waals surface area contributed by atoms with Gasteiger partial charge in [-0.25, -0.2) is 4.98 Å². The number of rotatable bonds is 4. The molecule has 21 heavy (non-hydrogen) atoms. The van der Waals surface area contributed by atoms with E-state index in [-0.39, 0.29) is 5.91 Å². The summed E-state index contributed by atoms with van der Waals surface area (Å²) in [5.41, 5.74) is 4.77. The Morgan fingerprint density at radius 2 is 1.90 bits per heavy atom. The van der Waals surface area contributed by atoms with Gasteiger partial charge in [0.05, 0.1) is 17.4 Å². The number of carbonyl (C=O) groups excluding carboxylic acids is 1. The van der Waals surface area contributed by atoms with Crippen LogP contribution in [0.25, 0.3) is 11.0 Å². The zero-order valence-electron chi connectivity index (χ0n) is 11.9. The zero-order chi connectivity index (χ0) is 14.7. The molecule has 0 saturated heterocycles. The molecule has 0 fully saturated rings. The van der Waals surface area contributed by atoms with Gasteiger partial charge < -0.3 is 10.3 Å². The predicted molar refractivity (Wildman–Crippen MR) is 83.1 cm³/mol. The second kappa shape index (κ2) is 5.79. The molecule has 0 unspecified atom stereocenters. The lowest BCUT2D eigenvalue weighted by molar-refractivity contribution is 0.0951. The van der Waals surface area contributed by atoms with Crippen molar-refractivity contribution in [3.63, 3.8) is 0 Å². The molecule has 1 amide bonds. The minimum absolute atomic E-state index is 0.0777. The Morgan fingerprint density at radius 3 is 2.67 bits per heavy atom. The highest BCUT2D eigenvalue weighted by Gasteiger charge is 2.07. The van der Waals surface area contributed by atoms with E-state index in [1.165, 1.54) is 5.56 Å².